The number of nitrogens with two attached hydrogens (primary N) is 1. The number of benzene rings is 1. The molecular formula is C14H17ClN2. The Hall–Kier alpha value is -1.12. The fraction of sp³-hybridized carbons (Fsp3) is 0.357. The summed E-state index contributed by atoms with van der Waals surface area (Å²) in [5, 5.41) is 1.71. The summed E-state index contributed by atoms with van der Waals surface area (Å²) in [6.07, 6.45) is 1.73. The molecule has 0 bridgehead atoms. The minimum atomic E-state index is 0.150. The molecule has 1 unspecified atom stereocenters. The van der Waals surface area contributed by atoms with Crippen molar-refractivity contribution in [2.24, 2.45) is 5.73 Å². The Morgan fingerprint density at radius 2 is 2.18 bits per heavy atom. The Morgan fingerprint density at radius 3 is 2.88 bits per heavy atom. The van der Waals surface area contributed by atoms with Crippen molar-refractivity contribution >= 4 is 22.5 Å². The molecule has 1 aromatic carbocycles. The van der Waals surface area contributed by atoms with Gasteiger partial charge in [0.15, 0.2) is 0 Å². The van der Waals surface area contributed by atoms with Gasteiger partial charge in [-0.3, -0.25) is 0 Å². The van der Waals surface area contributed by atoms with E-state index in [-0.39, 0.29) is 6.04 Å². The van der Waals surface area contributed by atoms with Gasteiger partial charge in [0.1, 0.15) is 5.15 Å². The summed E-state index contributed by atoms with van der Waals surface area (Å²) in [5.74, 6) is 0. The molecule has 0 aliphatic carbocycles. The van der Waals surface area contributed by atoms with E-state index in [9.17, 15) is 0 Å². The molecule has 0 saturated carbocycles. The van der Waals surface area contributed by atoms with E-state index >= 15 is 0 Å². The van der Waals surface area contributed by atoms with Crippen LogP contribution in [-0.2, 0) is 6.42 Å². The molecule has 1 aromatic heterocycles. The molecule has 2 nitrogen and oxygen atoms in total. The molecule has 1 heterocycles. The van der Waals surface area contributed by atoms with E-state index in [0.29, 0.717) is 5.15 Å². The lowest BCUT2D eigenvalue weighted by Gasteiger charge is -2.11. The van der Waals surface area contributed by atoms with Gasteiger partial charge in [0.2, 0.25) is 0 Å². The number of nitrogens with zero attached hydrogens (tertiary/aromatic N) is 1. The number of aryl methyl sites for hydroxylation is 1. The highest BCUT2D eigenvalue weighted by molar-refractivity contribution is 6.30. The molecule has 3 heteroatoms. The van der Waals surface area contributed by atoms with Crippen LogP contribution in [0, 0.1) is 6.92 Å². The first-order valence-electron chi connectivity index (χ1n) is 5.92. The van der Waals surface area contributed by atoms with Crippen molar-refractivity contribution in [3.05, 3.63) is 40.5 Å². The van der Waals surface area contributed by atoms with Crippen LogP contribution in [-0.4, -0.2) is 11.0 Å². The molecule has 0 aliphatic rings. The van der Waals surface area contributed by atoms with Gasteiger partial charge in [0.05, 0.1) is 5.52 Å². The summed E-state index contributed by atoms with van der Waals surface area (Å²) in [4.78, 5) is 4.47. The van der Waals surface area contributed by atoms with Crippen LogP contribution in [0.4, 0.5) is 0 Å². The summed E-state index contributed by atoms with van der Waals surface area (Å²) in [5.41, 5.74) is 9.13. The van der Waals surface area contributed by atoms with Crippen LogP contribution in [0.25, 0.3) is 10.9 Å². The molecule has 0 fully saturated rings. The van der Waals surface area contributed by atoms with Crippen molar-refractivity contribution in [1.29, 1.82) is 0 Å². The average Bonchev–Trinajstić information content (AvgIpc) is 2.31. The van der Waals surface area contributed by atoms with Gasteiger partial charge in [0.25, 0.3) is 0 Å². The van der Waals surface area contributed by atoms with E-state index < -0.39 is 0 Å². The third kappa shape index (κ3) is 2.59. The summed E-state index contributed by atoms with van der Waals surface area (Å²) < 4.78 is 0. The van der Waals surface area contributed by atoms with Crippen LogP contribution in [0.1, 0.15) is 24.5 Å². The normalized spacial score (nSPS) is 12.9. The summed E-state index contributed by atoms with van der Waals surface area (Å²) in [6.45, 7) is 4.13. The van der Waals surface area contributed by atoms with Crippen molar-refractivity contribution in [3.63, 3.8) is 0 Å². The Kier molecular flexibility index (Phi) is 3.65. The summed E-state index contributed by atoms with van der Waals surface area (Å²) in [6, 6.07) is 8.40. The third-order valence-corrected chi connectivity index (χ3v) is 3.41. The van der Waals surface area contributed by atoms with E-state index in [1.807, 2.05) is 19.1 Å². The molecule has 2 N–H and O–H groups in total. The maximum atomic E-state index is 6.21. The molecule has 0 radical (unpaired) electrons. The van der Waals surface area contributed by atoms with Gasteiger partial charge >= 0.3 is 0 Å². The predicted octanol–water partition coefficient (Wildman–Crippen LogP) is 3.48. The highest BCUT2D eigenvalue weighted by atomic mass is 35.5. The first-order valence-corrected chi connectivity index (χ1v) is 6.30. The lowest BCUT2D eigenvalue weighted by atomic mass is 10.0. The Labute approximate surface area is 107 Å². The largest absolute Gasteiger partial charge is 0.327 e. The van der Waals surface area contributed by atoms with E-state index in [1.165, 1.54) is 0 Å². The second-order valence-corrected chi connectivity index (χ2v) is 4.82. The Balaban J connectivity index is 2.48. The zero-order valence-electron chi connectivity index (χ0n) is 10.2. The standard InChI is InChI=1S/C14H17ClN2/c1-3-12(16)8-11-7-10-6-4-5-9(2)13(10)17-14(11)15/h4-7,12H,3,8,16H2,1-2H3. The fourth-order valence-corrected chi connectivity index (χ4v) is 2.15. The quantitative estimate of drug-likeness (QED) is 0.845. The minimum absolute atomic E-state index is 0.150. The zero-order chi connectivity index (χ0) is 12.4. The van der Waals surface area contributed by atoms with Crippen molar-refractivity contribution in [2.75, 3.05) is 0 Å². The fourth-order valence-electron chi connectivity index (χ4n) is 1.94. The number of halogens is 1. The number of hydrogen-bond donors (Lipinski definition) is 1. The smallest absolute Gasteiger partial charge is 0.133 e. The number of fused-ring (bicyclic) bond motifs is 1. The van der Waals surface area contributed by atoms with Crippen LogP contribution < -0.4 is 5.73 Å². The second kappa shape index (κ2) is 5.03. The summed E-state index contributed by atoms with van der Waals surface area (Å²) in [7, 11) is 0. The molecule has 0 aliphatic heterocycles. The molecule has 17 heavy (non-hydrogen) atoms. The van der Waals surface area contributed by atoms with Crippen LogP contribution in [0.15, 0.2) is 24.3 Å². The van der Waals surface area contributed by atoms with Crippen molar-refractivity contribution < 1.29 is 0 Å². The average molecular weight is 249 g/mol. The van der Waals surface area contributed by atoms with E-state index in [2.05, 4.69) is 24.0 Å². The molecular weight excluding hydrogens is 232 g/mol. The first-order chi connectivity index (χ1) is 8.11. The molecule has 1 atom stereocenters. The van der Waals surface area contributed by atoms with Crippen molar-refractivity contribution in [1.82, 2.24) is 4.98 Å². The molecule has 0 spiro atoms. The monoisotopic (exact) mass is 248 g/mol. The second-order valence-electron chi connectivity index (χ2n) is 4.46. The van der Waals surface area contributed by atoms with Gasteiger partial charge in [0, 0.05) is 11.4 Å². The Bertz CT molecular complexity index is 537. The maximum Gasteiger partial charge on any atom is 0.133 e. The molecule has 0 amide bonds. The van der Waals surface area contributed by atoms with Gasteiger partial charge in [-0.05, 0) is 37.0 Å². The number of hydrogen-bond acceptors (Lipinski definition) is 2. The minimum Gasteiger partial charge on any atom is -0.327 e. The highest BCUT2D eigenvalue weighted by Crippen LogP contribution is 2.23. The number of pyridine rings is 1. The number of aromatic nitrogens is 1. The maximum absolute atomic E-state index is 6.21. The SMILES string of the molecule is CCC(N)Cc1cc2cccc(C)c2nc1Cl. The highest BCUT2D eigenvalue weighted by Gasteiger charge is 2.09. The predicted molar refractivity (Wildman–Crippen MR) is 73.5 cm³/mol. The first kappa shape index (κ1) is 12.3. The topological polar surface area (TPSA) is 38.9 Å². The van der Waals surface area contributed by atoms with Crippen LogP contribution in [0.3, 0.4) is 0 Å². The number of rotatable bonds is 3. The van der Waals surface area contributed by atoms with E-state index in [4.69, 9.17) is 17.3 Å². The molecule has 2 rings (SSSR count). The van der Waals surface area contributed by atoms with Gasteiger partial charge < -0.3 is 5.73 Å². The lowest BCUT2D eigenvalue weighted by molar-refractivity contribution is 0.646. The van der Waals surface area contributed by atoms with Gasteiger partial charge in [-0.15, -0.1) is 0 Å². The number of para-hydroxylation sites is 1. The van der Waals surface area contributed by atoms with Gasteiger partial charge in [-0.2, -0.15) is 0 Å². The molecule has 2 aromatic rings. The van der Waals surface area contributed by atoms with Gasteiger partial charge in [-0.1, -0.05) is 36.7 Å². The molecule has 0 saturated heterocycles. The van der Waals surface area contributed by atoms with Crippen molar-refractivity contribution in [3.8, 4) is 0 Å². The van der Waals surface area contributed by atoms with Crippen molar-refractivity contribution in [2.45, 2.75) is 32.7 Å². The third-order valence-electron chi connectivity index (χ3n) is 3.08. The van der Waals surface area contributed by atoms with Crippen LogP contribution in [0.5, 0.6) is 0 Å². The molecule has 90 valence electrons. The van der Waals surface area contributed by atoms with E-state index in [0.717, 1.165) is 34.9 Å². The zero-order valence-corrected chi connectivity index (χ0v) is 11.0. The van der Waals surface area contributed by atoms with Crippen LogP contribution >= 0.6 is 11.6 Å². The van der Waals surface area contributed by atoms with Gasteiger partial charge in [-0.25, -0.2) is 4.98 Å². The summed E-state index contributed by atoms with van der Waals surface area (Å²) >= 11 is 6.21. The Morgan fingerprint density at radius 1 is 1.41 bits per heavy atom. The lowest BCUT2D eigenvalue weighted by Crippen LogP contribution is -2.21. The van der Waals surface area contributed by atoms with E-state index in [1.54, 1.807) is 0 Å². The van der Waals surface area contributed by atoms with Crippen LogP contribution in [0.2, 0.25) is 5.15 Å².